The number of hydrogen-bond donors (Lipinski definition) is 1. The van der Waals surface area contributed by atoms with Crippen LogP contribution in [-0.2, 0) is 23.0 Å². The van der Waals surface area contributed by atoms with Gasteiger partial charge >= 0.3 is 5.97 Å². The number of carbonyl (C=O) groups is 1. The van der Waals surface area contributed by atoms with Crippen LogP contribution in [0.2, 0.25) is 0 Å². The molecule has 0 aromatic carbocycles. The molecule has 1 saturated heterocycles. The van der Waals surface area contributed by atoms with Crippen LogP contribution < -0.4 is 0 Å². The Morgan fingerprint density at radius 1 is 1.55 bits per heavy atom. The lowest BCUT2D eigenvalue weighted by Gasteiger charge is -2.29. The maximum Gasteiger partial charge on any atom is 0.310 e. The Kier molecular flexibility index (Phi) is 5.14. The molecule has 2 rings (SSSR count). The average Bonchev–Trinajstić information content (AvgIpc) is 3.03. The van der Waals surface area contributed by atoms with Crippen LogP contribution >= 0.6 is 0 Å². The van der Waals surface area contributed by atoms with E-state index in [1.165, 1.54) is 5.56 Å². The maximum atomic E-state index is 11.3. The van der Waals surface area contributed by atoms with Gasteiger partial charge in [0.25, 0.3) is 0 Å². The minimum absolute atomic E-state index is 0.0101. The zero-order valence-corrected chi connectivity index (χ0v) is 12.2. The minimum atomic E-state index is -0.755. The first kappa shape index (κ1) is 15.0. The van der Waals surface area contributed by atoms with E-state index in [0.29, 0.717) is 13.2 Å². The number of nitrogens with zero attached hydrogens (tertiary/aromatic N) is 3. The molecular formula is C14H23N3O3. The average molecular weight is 281 g/mol. The molecule has 2 atom stereocenters. The van der Waals surface area contributed by atoms with E-state index in [2.05, 4.69) is 16.9 Å². The quantitative estimate of drug-likeness (QED) is 0.800. The first-order valence-corrected chi connectivity index (χ1v) is 7.14. The number of aromatic nitrogens is 2. The van der Waals surface area contributed by atoms with Gasteiger partial charge in [-0.05, 0) is 24.9 Å². The van der Waals surface area contributed by atoms with Gasteiger partial charge in [-0.1, -0.05) is 6.92 Å². The molecule has 0 radical (unpaired) electrons. The van der Waals surface area contributed by atoms with E-state index >= 15 is 0 Å². The second kappa shape index (κ2) is 6.85. The Bertz CT molecular complexity index is 447. The normalized spacial score (nSPS) is 22.6. The summed E-state index contributed by atoms with van der Waals surface area (Å²) in [5.41, 5.74) is 1.18. The van der Waals surface area contributed by atoms with E-state index in [9.17, 15) is 9.90 Å². The van der Waals surface area contributed by atoms with E-state index in [0.717, 1.165) is 25.9 Å². The fourth-order valence-corrected chi connectivity index (χ4v) is 2.74. The highest BCUT2D eigenvalue weighted by Gasteiger charge is 2.37. The molecule has 0 saturated carbocycles. The van der Waals surface area contributed by atoms with Crippen molar-refractivity contribution < 1.29 is 14.6 Å². The van der Waals surface area contributed by atoms with Crippen molar-refractivity contribution in [3.8, 4) is 0 Å². The van der Waals surface area contributed by atoms with Crippen LogP contribution in [0.4, 0.5) is 0 Å². The van der Waals surface area contributed by atoms with Crippen LogP contribution in [0.25, 0.3) is 0 Å². The summed E-state index contributed by atoms with van der Waals surface area (Å²) in [6.45, 7) is 4.70. The Labute approximate surface area is 119 Å². The molecule has 0 bridgehead atoms. The second-order valence-corrected chi connectivity index (χ2v) is 5.36. The van der Waals surface area contributed by atoms with Gasteiger partial charge in [0.05, 0.1) is 25.3 Å². The summed E-state index contributed by atoms with van der Waals surface area (Å²) in [5.74, 6) is -1.16. The number of hydrogen-bond acceptors (Lipinski definition) is 4. The van der Waals surface area contributed by atoms with Gasteiger partial charge in [0.15, 0.2) is 0 Å². The summed E-state index contributed by atoms with van der Waals surface area (Å²) in [4.78, 5) is 13.5. The summed E-state index contributed by atoms with van der Waals surface area (Å²) in [7, 11) is 1.90. The second-order valence-electron chi connectivity index (χ2n) is 5.36. The Balaban J connectivity index is 1.97. The van der Waals surface area contributed by atoms with Gasteiger partial charge < -0.3 is 9.84 Å². The monoisotopic (exact) mass is 281 g/mol. The van der Waals surface area contributed by atoms with E-state index in [4.69, 9.17) is 4.74 Å². The molecule has 1 N–H and O–H groups in total. The summed E-state index contributed by atoms with van der Waals surface area (Å²) in [5, 5.41) is 13.4. The van der Waals surface area contributed by atoms with Crippen LogP contribution in [0.3, 0.4) is 0 Å². The van der Waals surface area contributed by atoms with Crippen molar-refractivity contribution in [3.05, 3.63) is 18.0 Å². The molecule has 2 heterocycles. The molecule has 1 aromatic heterocycles. The molecule has 20 heavy (non-hydrogen) atoms. The van der Waals surface area contributed by atoms with Crippen molar-refractivity contribution in [2.24, 2.45) is 13.0 Å². The highest BCUT2D eigenvalue weighted by Crippen LogP contribution is 2.20. The van der Waals surface area contributed by atoms with Crippen LogP contribution in [-0.4, -0.2) is 58.1 Å². The van der Waals surface area contributed by atoms with Crippen molar-refractivity contribution in [3.63, 3.8) is 0 Å². The molecule has 6 heteroatoms. The molecular weight excluding hydrogens is 258 g/mol. The Hall–Kier alpha value is -1.40. The van der Waals surface area contributed by atoms with Crippen LogP contribution in [0.5, 0.6) is 0 Å². The lowest BCUT2D eigenvalue weighted by atomic mass is 10.0. The van der Waals surface area contributed by atoms with Gasteiger partial charge in [-0.2, -0.15) is 5.10 Å². The van der Waals surface area contributed by atoms with Crippen molar-refractivity contribution in [1.29, 1.82) is 0 Å². The van der Waals surface area contributed by atoms with Crippen molar-refractivity contribution in [2.45, 2.75) is 25.8 Å². The topological polar surface area (TPSA) is 67.6 Å². The van der Waals surface area contributed by atoms with Gasteiger partial charge in [-0.25, -0.2) is 0 Å². The van der Waals surface area contributed by atoms with Gasteiger partial charge in [0, 0.05) is 25.8 Å². The fourth-order valence-electron chi connectivity index (χ4n) is 2.74. The predicted molar refractivity (Wildman–Crippen MR) is 74.5 cm³/mol. The molecule has 1 aliphatic heterocycles. The highest BCUT2D eigenvalue weighted by atomic mass is 16.5. The standard InChI is InChI=1S/C14H23N3O3/c1-3-5-17(6-4-11-7-15-16(2)8-11)13-10-20-9-12(13)14(18)19/h7-8,12-13H,3-6,9-10H2,1-2H3,(H,18,19). The molecule has 0 amide bonds. The number of carboxylic acid groups (broad SMARTS) is 1. The molecule has 1 fully saturated rings. The lowest BCUT2D eigenvalue weighted by Crippen LogP contribution is -2.44. The molecule has 112 valence electrons. The fraction of sp³-hybridized carbons (Fsp3) is 0.714. The van der Waals surface area contributed by atoms with Crippen molar-refractivity contribution >= 4 is 5.97 Å². The largest absolute Gasteiger partial charge is 0.481 e. The van der Waals surface area contributed by atoms with Gasteiger partial charge in [0.1, 0.15) is 0 Å². The van der Waals surface area contributed by atoms with Crippen LogP contribution in [0.1, 0.15) is 18.9 Å². The Morgan fingerprint density at radius 2 is 2.35 bits per heavy atom. The molecule has 6 nitrogen and oxygen atoms in total. The van der Waals surface area contributed by atoms with E-state index < -0.39 is 11.9 Å². The SMILES string of the molecule is CCCN(CCc1cnn(C)c1)C1COCC1C(=O)O. The minimum Gasteiger partial charge on any atom is -0.481 e. The van der Waals surface area contributed by atoms with Gasteiger partial charge in [0.2, 0.25) is 0 Å². The van der Waals surface area contributed by atoms with Crippen LogP contribution in [0, 0.1) is 5.92 Å². The van der Waals surface area contributed by atoms with Crippen molar-refractivity contribution in [1.82, 2.24) is 14.7 Å². The zero-order chi connectivity index (χ0) is 14.5. The number of aliphatic carboxylic acids is 1. The first-order valence-electron chi connectivity index (χ1n) is 7.14. The Morgan fingerprint density at radius 3 is 2.95 bits per heavy atom. The molecule has 1 aliphatic rings. The van der Waals surface area contributed by atoms with E-state index in [1.54, 1.807) is 4.68 Å². The van der Waals surface area contributed by atoms with Crippen LogP contribution in [0.15, 0.2) is 12.4 Å². The summed E-state index contributed by atoms with van der Waals surface area (Å²) >= 11 is 0. The smallest absolute Gasteiger partial charge is 0.310 e. The van der Waals surface area contributed by atoms with E-state index in [1.807, 2.05) is 19.4 Å². The number of carboxylic acids is 1. The maximum absolute atomic E-state index is 11.3. The number of aryl methyl sites for hydroxylation is 1. The molecule has 1 aromatic rings. The summed E-state index contributed by atoms with van der Waals surface area (Å²) < 4.78 is 7.17. The molecule has 0 aliphatic carbocycles. The third-order valence-electron chi connectivity index (χ3n) is 3.79. The molecule has 0 spiro atoms. The molecule has 2 unspecified atom stereocenters. The summed E-state index contributed by atoms with van der Waals surface area (Å²) in [6.07, 6.45) is 5.76. The van der Waals surface area contributed by atoms with E-state index in [-0.39, 0.29) is 6.04 Å². The number of rotatable bonds is 7. The lowest BCUT2D eigenvalue weighted by molar-refractivity contribution is -0.143. The van der Waals surface area contributed by atoms with Gasteiger partial charge in [-0.15, -0.1) is 0 Å². The third kappa shape index (κ3) is 3.58. The van der Waals surface area contributed by atoms with Crippen molar-refractivity contribution in [2.75, 3.05) is 26.3 Å². The van der Waals surface area contributed by atoms with Gasteiger partial charge in [-0.3, -0.25) is 14.4 Å². The third-order valence-corrected chi connectivity index (χ3v) is 3.79. The highest BCUT2D eigenvalue weighted by molar-refractivity contribution is 5.71. The number of ether oxygens (including phenoxy) is 1. The first-order chi connectivity index (χ1) is 9.61. The summed E-state index contributed by atoms with van der Waals surface area (Å²) in [6, 6.07) is -0.0101. The predicted octanol–water partition coefficient (Wildman–Crippen LogP) is 0.774. The zero-order valence-electron chi connectivity index (χ0n) is 12.2.